The fourth-order valence-electron chi connectivity index (χ4n) is 1.38. The molecule has 0 aliphatic heterocycles. The van der Waals surface area contributed by atoms with Gasteiger partial charge in [-0.2, -0.15) is 11.8 Å². The van der Waals surface area contributed by atoms with Crippen molar-refractivity contribution in [3.05, 3.63) is 0 Å². The highest BCUT2D eigenvalue weighted by atomic mass is 32.2. The van der Waals surface area contributed by atoms with Crippen LogP contribution in [-0.2, 0) is 10.0 Å². The number of hydrogen-bond donors (Lipinski definition) is 2. The summed E-state index contributed by atoms with van der Waals surface area (Å²) in [5.74, 6) is 2.31. The third-order valence-electron chi connectivity index (χ3n) is 1.87. The van der Waals surface area contributed by atoms with Crippen molar-refractivity contribution in [3.63, 3.8) is 0 Å². The molecule has 98 valence electrons. The normalized spacial score (nSPS) is 13.0. The van der Waals surface area contributed by atoms with E-state index in [1.807, 2.05) is 25.6 Å². The summed E-state index contributed by atoms with van der Waals surface area (Å²) >= 11 is 1.92. The Bertz CT molecular complexity index is 277. The first-order valence-electron chi connectivity index (χ1n) is 5.54. The second-order valence-corrected chi connectivity index (χ2v) is 7.63. The molecule has 16 heavy (non-hydrogen) atoms. The molecule has 6 heteroatoms. The molecule has 2 N–H and O–H groups in total. The van der Waals surface area contributed by atoms with E-state index < -0.39 is 15.6 Å². The summed E-state index contributed by atoms with van der Waals surface area (Å²) < 4.78 is 24.8. The van der Waals surface area contributed by atoms with E-state index in [0.29, 0.717) is 6.54 Å². The predicted molar refractivity (Wildman–Crippen MR) is 72.5 cm³/mol. The maximum Gasteiger partial charge on any atom is 0.209 e. The molecule has 0 saturated carbocycles. The molecule has 0 heterocycles. The maximum atomic E-state index is 11.1. The number of nitrogens with one attached hydrogen (secondary N) is 2. The van der Waals surface area contributed by atoms with Gasteiger partial charge < -0.3 is 5.32 Å². The number of sulfonamides is 1. The highest BCUT2D eigenvalue weighted by Crippen LogP contribution is 2.03. The molecule has 0 aliphatic rings. The van der Waals surface area contributed by atoms with E-state index in [1.165, 1.54) is 6.26 Å². The third-order valence-corrected chi connectivity index (χ3v) is 3.78. The van der Waals surface area contributed by atoms with Crippen molar-refractivity contribution >= 4 is 21.8 Å². The van der Waals surface area contributed by atoms with Gasteiger partial charge in [0.1, 0.15) is 0 Å². The van der Waals surface area contributed by atoms with Gasteiger partial charge in [0, 0.05) is 12.1 Å². The fraction of sp³-hybridized carbons (Fsp3) is 1.00. The lowest BCUT2D eigenvalue weighted by Crippen LogP contribution is -2.50. The van der Waals surface area contributed by atoms with Crippen molar-refractivity contribution in [2.75, 3.05) is 30.9 Å². The van der Waals surface area contributed by atoms with Crippen molar-refractivity contribution in [2.24, 2.45) is 0 Å². The smallest absolute Gasteiger partial charge is 0.209 e. The first-order valence-corrected chi connectivity index (χ1v) is 8.59. The Morgan fingerprint density at radius 3 is 2.44 bits per heavy atom. The van der Waals surface area contributed by atoms with Crippen LogP contribution < -0.4 is 10.0 Å². The van der Waals surface area contributed by atoms with Crippen LogP contribution >= 0.6 is 11.8 Å². The zero-order valence-electron chi connectivity index (χ0n) is 10.7. The highest BCUT2D eigenvalue weighted by molar-refractivity contribution is 7.99. The number of thioether (sulfide) groups is 1. The van der Waals surface area contributed by atoms with Gasteiger partial charge in [0.2, 0.25) is 10.0 Å². The Balaban J connectivity index is 3.66. The molecule has 4 nitrogen and oxygen atoms in total. The van der Waals surface area contributed by atoms with Crippen molar-refractivity contribution < 1.29 is 8.42 Å². The molecule has 0 aliphatic carbocycles. The minimum Gasteiger partial charge on any atom is -0.315 e. The second-order valence-electron chi connectivity index (χ2n) is 4.49. The van der Waals surface area contributed by atoms with Gasteiger partial charge in [-0.05, 0) is 38.3 Å². The fourth-order valence-corrected chi connectivity index (χ4v) is 3.10. The van der Waals surface area contributed by atoms with Gasteiger partial charge in [-0.3, -0.25) is 0 Å². The molecular weight excluding hydrogens is 244 g/mol. The SMILES string of the molecule is CCSCCCNCC(C)(C)NS(C)(=O)=O. The van der Waals surface area contributed by atoms with Crippen LogP contribution in [0.1, 0.15) is 27.2 Å². The lowest BCUT2D eigenvalue weighted by atomic mass is 10.1. The van der Waals surface area contributed by atoms with Crippen LogP contribution in [-0.4, -0.2) is 44.8 Å². The molecular formula is C10H24N2O2S2. The Hall–Kier alpha value is 0.220. The van der Waals surface area contributed by atoms with Gasteiger partial charge in [-0.1, -0.05) is 6.92 Å². The topological polar surface area (TPSA) is 58.2 Å². The van der Waals surface area contributed by atoms with E-state index in [-0.39, 0.29) is 0 Å². The van der Waals surface area contributed by atoms with E-state index in [1.54, 1.807) is 0 Å². The minimum atomic E-state index is -3.13. The quantitative estimate of drug-likeness (QED) is 0.614. The van der Waals surface area contributed by atoms with Gasteiger partial charge in [-0.15, -0.1) is 0 Å². The molecule has 0 spiro atoms. The van der Waals surface area contributed by atoms with Crippen molar-refractivity contribution in [1.29, 1.82) is 0 Å². The van der Waals surface area contributed by atoms with Crippen molar-refractivity contribution in [2.45, 2.75) is 32.7 Å². The molecule has 0 aromatic rings. The van der Waals surface area contributed by atoms with Gasteiger partial charge >= 0.3 is 0 Å². The third kappa shape index (κ3) is 10.7. The average Bonchev–Trinajstić information content (AvgIpc) is 2.06. The van der Waals surface area contributed by atoms with E-state index in [2.05, 4.69) is 17.0 Å². The number of rotatable bonds is 9. The predicted octanol–water partition coefficient (Wildman–Crippen LogP) is 1.05. The molecule has 0 radical (unpaired) electrons. The van der Waals surface area contributed by atoms with Crippen LogP contribution in [0.5, 0.6) is 0 Å². The monoisotopic (exact) mass is 268 g/mol. The molecule has 0 unspecified atom stereocenters. The van der Waals surface area contributed by atoms with Crippen LogP contribution in [0.2, 0.25) is 0 Å². The van der Waals surface area contributed by atoms with E-state index >= 15 is 0 Å². The first-order chi connectivity index (χ1) is 7.27. The molecule has 0 saturated heterocycles. The van der Waals surface area contributed by atoms with Crippen molar-refractivity contribution in [3.8, 4) is 0 Å². The molecule has 0 aromatic heterocycles. The molecule has 0 rings (SSSR count). The van der Waals surface area contributed by atoms with E-state index in [9.17, 15) is 8.42 Å². The summed E-state index contributed by atoms with van der Waals surface area (Å²) in [7, 11) is -3.13. The summed E-state index contributed by atoms with van der Waals surface area (Å²) in [4.78, 5) is 0. The largest absolute Gasteiger partial charge is 0.315 e. The van der Waals surface area contributed by atoms with E-state index in [0.717, 1.165) is 24.5 Å². The standard InChI is InChI=1S/C10H24N2O2S2/c1-5-15-8-6-7-11-9-10(2,3)12-16(4,13)14/h11-12H,5-9H2,1-4H3. The summed E-state index contributed by atoms with van der Waals surface area (Å²) in [6.45, 7) is 7.49. The maximum absolute atomic E-state index is 11.1. The summed E-state index contributed by atoms with van der Waals surface area (Å²) in [6.07, 6.45) is 2.31. The summed E-state index contributed by atoms with van der Waals surface area (Å²) in [5, 5.41) is 3.27. The highest BCUT2D eigenvalue weighted by Gasteiger charge is 2.21. The molecule has 0 amide bonds. The van der Waals surface area contributed by atoms with Gasteiger partial charge in [0.05, 0.1) is 6.26 Å². The Morgan fingerprint density at radius 1 is 1.31 bits per heavy atom. The lowest BCUT2D eigenvalue weighted by Gasteiger charge is -2.25. The van der Waals surface area contributed by atoms with Crippen LogP contribution in [0.3, 0.4) is 0 Å². The Kier molecular flexibility index (Phi) is 7.63. The van der Waals surface area contributed by atoms with Crippen LogP contribution in [0, 0.1) is 0 Å². The average molecular weight is 268 g/mol. The zero-order valence-corrected chi connectivity index (χ0v) is 12.3. The van der Waals surface area contributed by atoms with E-state index in [4.69, 9.17) is 0 Å². The van der Waals surface area contributed by atoms with Gasteiger partial charge in [-0.25, -0.2) is 13.1 Å². The van der Waals surface area contributed by atoms with Gasteiger partial charge in [0.15, 0.2) is 0 Å². The van der Waals surface area contributed by atoms with Crippen LogP contribution in [0.4, 0.5) is 0 Å². The zero-order chi connectivity index (χ0) is 12.7. The molecule has 0 aromatic carbocycles. The Labute approximate surface area is 104 Å². The Morgan fingerprint density at radius 2 is 1.94 bits per heavy atom. The summed E-state index contributed by atoms with van der Waals surface area (Å²) in [5.41, 5.74) is -0.425. The lowest BCUT2D eigenvalue weighted by molar-refractivity contribution is 0.422. The molecule has 0 bridgehead atoms. The molecule has 0 fully saturated rings. The number of hydrogen-bond acceptors (Lipinski definition) is 4. The molecule has 0 atom stereocenters. The second kappa shape index (κ2) is 7.53. The van der Waals surface area contributed by atoms with Gasteiger partial charge in [0.25, 0.3) is 0 Å². The van der Waals surface area contributed by atoms with Crippen LogP contribution in [0.25, 0.3) is 0 Å². The first kappa shape index (κ1) is 16.2. The summed E-state index contributed by atoms with van der Waals surface area (Å²) in [6, 6.07) is 0. The van der Waals surface area contributed by atoms with Crippen molar-refractivity contribution in [1.82, 2.24) is 10.0 Å². The minimum absolute atomic E-state index is 0.425. The van der Waals surface area contributed by atoms with Crippen LogP contribution in [0.15, 0.2) is 0 Å².